The van der Waals surface area contributed by atoms with Crippen molar-refractivity contribution in [2.45, 2.75) is 6.04 Å². The molecule has 0 radical (unpaired) electrons. The molecule has 1 unspecified atom stereocenters. The second kappa shape index (κ2) is 6.16. The largest absolute Gasteiger partial charge is 0.507 e. The highest BCUT2D eigenvalue weighted by Crippen LogP contribution is 2.41. The number of carbonyl (C=O) groups excluding carboxylic acids is 1. The van der Waals surface area contributed by atoms with E-state index in [9.17, 15) is 14.3 Å². The van der Waals surface area contributed by atoms with Crippen molar-refractivity contribution in [2.75, 3.05) is 26.2 Å². The Balaban J connectivity index is 1.84. The maximum absolute atomic E-state index is 14.2. The molecule has 2 aliphatic heterocycles. The third-order valence-electron chi connectivity index (χ3n) is 4.46. The molecule has 130 valence electrons. The molecule has 2 N–H and O–H groups in total. The fourth-order valence-corrected chi connectivity index (χ4v) is 3.50. The van der Waals surface area contributed by atoms with E-state index in [1.165, 1.54) is 24.4 Å². The quantitative estimate of drug-likeness (QED) is 0.811. The van der Waals surface area contributed by atoms with E-state index in [0.717, 1.165) is 0 Å². The summed E-state index contributed by atoms with van der Waals surface area (Å²) in [4.78, 5) is 18.7. The van der Waals surface area contributed by atoms with Gasteiger partial charge in [-0.15, -0.1) is 0 Å². The number of rotatable bonds is 1. The lowest BCUT2D eigenvalue weighted by Crippen LogP contribution is -2.54. The van der Waals surface area contributed by atoms with Gasteiger partial charge < -0.3 is 20.1 Å². The van der Waals surface area contributed by atoms with Crippen LogP contribution in [0, 0.1) is 5.82 Å². The lowest BCUT2D eigenvalue weighted by atomic mass is 10.1. The van der Waals surface area contributed by atoms with Crippen LogP contribution in [0.25, 0.3) is 11.3 Å². The average Bonchev–Trinajstić information content (AvgIpc) is 2.75. The van der Waals surface area contributed by atoms with Gasteiger partial charge in [-0.2, -0.15) is 0 Å². The Morgan fingerprint density at radius 2 is 2.28 bits per heavy atom. The predicted molar refractivity (Wildman–Crippen MR) is 89.5 cm³/mol. The van der Waals surface area contributed by atoms with Crippen molar-refractivity contribution in [2.24, 2.45) is 0 Å². The summed E-state index contributed by atoms with van der Waals surface area (Å²) in [5, 5.41) is 13.2. The van der Waals surface area contributed by atoms with Crippen LogP contribution in [-0.2, 0) is 0 Å². The number of fused-ring (bicyclic) bond motifs is 2. The molecule has 0 bridgehead atoms. The number of benzene rings is 1. The second-order valence-corrected chi connectivity index (χ2v) is 6.34. The molecule has 1 saturated heterocycles. The first-order valence-electron chi connectivity index (χ1n) is 7.88. The van der Waals surface area contributed by atoms with Crippen LogP contribution in [0.15, 0.2) is 24.4 Å². The van der Waals surface area contributed by atoms with Crippen LogP contribution in [0.1, 0.15) is 10.4 Å². The number of halogens is 2. The number of phenolic OH excluding ortho intramolecular Hbond substituents is 1. The van der Waals surface area contributed by atoms with Crippen molar-refractivity contribution in [3.8, 4) is 22.8 Å². The number of hydrogen-bond donors (Lipinski definition) is 2. The number of aromatic hydroxyl groups is 1. The van der Waals surface area contributed by atoms with E-state index in [0.29, 0.717) is 19.6 Å². The molecular weight excluding hydrogens is 349 g/mol. The smallest absolute Gasteiger partial charge is 0.259 e. The summed E-state index contributed by atoms with van der Waals surface area (Å²) >= 11 is 6.39. The fourth-order valence-electron chi connectivity index (χ4n) is 3.20. The number of piperazine rings is 1. The second-order valence-electron chi connectivity index (χ2n) is 5.97. The predicted octanol–water partition coefficient (Wildman–Crippen LogP) is 2.05. The molecule has 2 aromatic rings. The highest BCUT2D eigenvalue weighted by Gasteiger charge is 2.35. The Hall–Kier alpha value is -2.38. The maximum Gasteiger partial charge on any atom is 0.259 e. The number of amides is 1. The van der Waals surface area contributed by atoms with E-state index in [4.69, 9.17) is 16.3 Å². The molecule has 25 heavy (non-hydrogen) atoms. The number of carbonyl (C=O) groups is 1. The summed E-state index contributed by atoms with van der Waals surface area (Å²) < 4.78 is 19.9. The molecule has 1 fully saturated rings. The number of nitrogens with zero attached hydrogens (tertiary/aromatic N) is 2. The standard InChI is InChI=1S/C17H15ClFN3O3/c18-14-15(13-11(19)2-1-3-12(13)23)21-7-10-16(14)25-8-9-6-20-4-5-22(9)17(10)24/h1-3,7,9,20,23H,4-6,8H2. The van der Waals surface area contributed by atoms with Gasteiger partial charge in [0.2, 0.25) is 0 Å². The number of phenols is 1. The fraction of sp³-hybridized carbons (Fsp3) is 0.294. The first-order chi connectivity index (χ1) is 12.1. The minimum Gasteiger partial charge on any atom is -0.507 e. The van der Waals surface area contributed by atoms with E-state index in [-0.39, 0.29) is 51.9 Å². The third kappa shape index (κ3) is 2.60. The molecule has 2 aliphatic rings. The lowest BCUT2D eigenvalue weighted by molar-refractivity contribution is 0.0606. The van der Waals surface area contributed by atoms with Gasteiger partial charge in [-0.05, 0) is 12.1 Å². The van der Waals surface area contributed by atoms with Crippen molar-refractivity contribution in [3.63, 3.8) is 0 Å². The Morgan fingerprint density at radius 1 is 1.44 bits per heavy atom. The SMILES string of the molecule is O=C1c2cnc(-c3c(O)cccc3F)c(Cl)c2OCC2CNCCN12. The molecule has 8 heteroatoms. The van der Waals surface area contributed by atoms with Crippen LogP contribution >= 0.6 is 11.6 Å². The molecule has 1 aromatic heterocycles. The first kappa shape index (κ1) is 16.1. The van der Waals surface area contributed by atoms with Gasteiger partial charge in [-0.25, -0.2) is 4.39 Å². The summed E-state index contributed by atoms with van der Waals surface area (Å²) in [5.74, 6) is -0.974. The van der Waals surface area contributed by atoms with Crippen LogP contribution in [0.2, 0.25) is 5.02 Å². The molecule has 0 aliphatic carbocycles. The van der Waals surface area contributed by atoms with Gasteiger partial charge in [0.25, 0.3) is 5.91 Å². The summed E-state index contributed by atoms with van der Waals surface area (Å²) in [7, 11) is 0. The number of nitrogens with one attached hydrogen (secondary N) is 1. The summed E-state index contributed by atoms with van der Waals surface area (Å²) in [6.07, 6.45) is 1.33. The van der Waals surface area contributed by atoms with Crippen LogP contribution in [0.5, 0.6) is 11.5 Å². The Kier molecular flexibility index (Phi) is 3.97. The Labute approximate surface area is 148 Å². The molecule has 4 rings (SSSR count). The molecule has 0 saturated carbocycles. The third-order valence-corrected chi connectivity index (χ3v) is 4.82. The van der Waals surface area contributed by atoms with E-state index in [1.54, 1.807) is 4.90 Å². The molecule has 1 amide bonds. The molecule has 1 aromatic carbocycles. The van der Waals surface area contributed by atoms with Crippen LogP contribution in [0.4, 0.5) is 4.39 Å². The van der Waals surface area contributed by atoms with E-state index < -0.39 is 5.82 Å². The first-order valence-corrected chi connectivity index (χ1v) is 8.26. The van der Waals surface area contributed by atoms with Crippen molar-refractivity contribution in [3.05, 3.63) is 40.8 Å². The monoisotopic (exact) mass is 363 g/mol. The van der Waals surface area contributed by atoms with Gasteiger partial charge in [-0.3, -0.25) is 9.78 Å². The normalized spacial score (nSPS) is 19.7. The Morgan fingerprint density at radius 3 is 3.08 bits per heavy atom. The van der Waals surface area contributed by atoms with Crippen LogP contribution in [-0.4, -0.2) is 53.2 Å². The van der Waals surface area contributed by atoms with Crippen LogP contribution in [0.3, 0.4) is 0 Å². The summed E-state index contributed by atoms with van der Waals surface area (Å²) in [6, 6.07) is 3.84. The number of pyridine rings is 1. The average molecular weight is 364 g/mol. The zero-order chi connectivity index (χ0) is 17.6. The Bertz CT molecular complexity index is 841. The van der Waals surface area contributed by atoms with Gasteiger partial charge in [0, 0.05) is 25.8 Å². The van der Waals surface area contributed by atoms with Crippen molar-refractivity contribution < 1.29 is 19.0 Å². The van der Waals surface area contributed by atoms with Gasteiger partial charge in [0.1, 0.15) is 28.8 Å². The van der Waals surface area contributed by atoms with Gasteiger partial charge in [-0.1, -0.05) is 17.7 Å². The maximum atomic E-state index is 14.2. The molecular formula is C17H15ClFN3O3. The van der Waals surface area contributed by atoms with Gasteiger partial charge >= 0.3 is 0 Å². The minimum atomic E-state index is -0.657. The summed E-state index contributed by atoms with van der Waals surface area (Å²) in [6.45, 7) is 2.18. The van der Waals surface area contributed by atoms with Gasteiger partial charge in [0.05, 0.1) is 17.3 Å². The topological polar surface area (TPSA) is 74.7 Å². The van der Waals surface area contributed by atoms with E-state index >= 15 is 0 Å². The summed E-state index contributed by atoms with van der Waals surface area (Å²) in [5.41, 5.74) is 0.172. The van der Waals surface area contributed by atoms with E-state index in [2.05, 4.69) is 10.3 Å². The van der Waals surface area contributed by atoms with Crippen molar-refractivity contribution >= 4 is 17.5 Å². The zero-order valence-corrected chi connectivity index (χ0v) is 13.9. The number of ether oxygens (including phenoxy) is 1. The highest BCUT2D eigenvalue weighted by molar-refractivity contribution is 6.35. The zero-order valence-electron chi connectivity index (χ0n) is 13.1. The van der Waals surface area contributed by atoms with Crippen molar-refractivity contribution in [1.82, 2.24) is 15.2 Å². The molecule has 0 spiro atoms. The molecule has 3 heterocycles. The number of hydrogen-bond acceptors (Lipinski definition) is 5. The van der Waals surface area contributed by atoms with Crippen LogP contribution < -0.4 is 10.1 Å². The number of aromatic nitrogens is 1. The van der Waals surface area contributed by atoms with Crippen molar-refractivity contribution in [1.29, 1.82) is 0 Å². The highest BCUT2D eigenvalue weighted by atomic mass is 35.5. The molecule has 6 nitrogen and oxygen atoms in total. The lowest BCUT2D eigenvalue weighted by Gasteiger charge is -2.33. The van der Waals surface area contributed by atoms with E-state index in [1.807, 2.05) is 0 Å². The molecule has 1 atom stereocenters. The van der Waals surface area contributed by atoms with Gasteiger partial charge in [0.15, 0.2) is 5.75 Å². The minimum absolute atomic E-state index is 0.0130.